The number of nitro groups is 1. The van der Waals surface area contributed by atoms with Crippen LogP contribution in [-0.2, 0) is 9.59 Å². The van der Waals surface area contributed by atoms with Gasteiger partial charge in [-0.05, 0) is 33.3 Å². The van der Waals surface area contributed by atoms with Gasteiger partial charge in [0.15, 0.2) is 5.78 Å². The summed E-state index contributed by atoms with van der Waals surface area (Å²) in [4.78, 5) is 35.8. The lowest BCUT2D eigenvalue weighted by Gasteiger charge is -2.27. The number of carbonyl (C=O) groups is 2. The van der Waals surface area contributed by atoms with Crippen molar-refractivity contribution in [3.8, 4) is 0 Å². The van der Waals surface area contributed by atoms with Crippen LogP contribution < -0.4 is 4.90 Å². The minimum Gasteiger partial charge on any atom is -0.344 e. The number of rotatable bonds is 4. The Morgan fingerprint density at radius 2 is 2.05 bits per heavy atom. The zero-order valence-electron chi connectivity index (χ0n) is 12.8. The molecule has 22 heavy (non-hydrogen) atoms. The molecule has 1 unspecified atom stereocenters. The van der Waals surface area contributed by atoms with E-state index in [0.29, 0.717) is 24.4 Å². The first kappa shape index (κ1) is 15.9. The normalized spacial score (nSPS) is 22.9. The summed E-state index contributed by atoms with van der Waals surface area (Å²) in [5.74, 6) is -0.173. The Bertz CT molecular complexity index is 680. The van der Waals surface area contributed by atoms with Crippen LogP contribution >= 0.6 is 0 Å². The Hall–Kier alpha value is -2.50. The average Bonchev–Trinajstić information content (AvgIpc) is 2.77. The molecule has 0 spiro atoms. The molecule has 1 aromatic rings. The lowest BCUT2D eigenvalue weighted by molar-refractivity contribution is -0.384. The van der Waals surface area contributed by atoms with E-state index in [1.165, 1.54) is 32.1 Å². The number of hydrogen-bond acceptors (Lipinski definition) is 5. The highest BCUT2D eigenvalue weighted by atomic mass is 16.6. The van der Waals surface area contributed by atoms with Crippen LogP contribution in [-0.4, -0.2) is 23.0 Å². The number of hydrogen-bond donors (Lipinski definition) is 0. The van der Waals surface area contributed by atoms with Crippen molar-refractivity contribution in [2.24, 2.45) is 5.41 Å². The molecule has 1 aromatic carbocycles. The maximum atomic E-state index is 12.0. The molecule has 0 N–H and O–H groups in total. The molecule has 0 aromatic heterocycles. The molecule has 1 aliphatic heterocycles. The number of carbonyl (C=O) groups excluding carboxylic acids is 2. The first-order valence-electron chi connectivity index (χ1n) is 7.01. The topological polar surface area (TPSA) is 80.5 Å². The molecule has 1 aliphatic rings. The minimum absolute atomic E-state index is 0.0175. The zero-order valence-corrected chi connectivity index (χ0v) is 12.8. The van der Waals surface area contributed by atoms with E-state index in [2.05, 4.69) is 0 Å². The van der Waals surface area contributed by atoms with Gasteiger partial charge in [0.1, 0.15) is 5.78 Å². The lowest BCUT2D eigenvalue weighted by Crippen LogP contribution is -2.28. The number of ketones is 2. The Labute approximate surface area is 128 Å². The number of benzene rings is 1. The number of nitro benzene ring substituents is 1. The van der Waals surface area contributed by atoms with Crippen molar-refractivity contribution >= 4 is 22.9 Å². The molecule has 0 bridgehead atoms. The van der Waals surface area contributed by atoms with Gasteiger partial charge in [-0.3, -0.25) is 19.7 Å². The molecule has 1 saturated heterocycles. The van der Waals surface area contributed by atoms with Gasteiger partial charge in [0.25, 0.3) is 5.69 Å². The van der Waals surface area contributed by atoms with E-state index in [9.17, 15) is 19.7 Å². The second kappa shape index (κ2) is 5.71. The van der Waals surface area contributed by atoms with Crippen LogP contribution in [0.3, 0.4) is 0 Å². The molecule has 0 saturated carbocycles. The summed E-state index contributed by atoms with van der Waals surface area (Å²) < 4.78 is 0. The second-order valence-electron chi connectivity index (χ2n) is 5.71. The van der Waals surface area contributed by atoms with Crippen LogP contribution in [0.15, 0.2) is 36.0 Å². The summed E-state index contributed by atoms with van der Waals surface area (Å²) in [5, 5.41) is 10.9. The largest absolute Gasteiger partial charge is 0.344 e. The van der Waals surface area contributed by atoms with E-state index in [1.807, 2.05) is 11.8 Å². The Balaban J connectivity index is 2.51. The first-order chi connectivity index (χ1) is 10.3. The lowest BCUT2D eigenvalue weighted by atomic mass is 9.82. The van der Waals surface area contributed by atoms with Gasteiger partial charge in [-0.25, -0.2) is 0 Å². The van der Waals surface area contributed by atoms with Crippen molar-refractivity contribution < 1.29 is 14.5 Å². The number of nitrogens with zero attached hydrogens (tertiary/aromatic N) is 2. The van der Waals surface area contributed by atoms with E-state index in [1.54, 1.807) is 12.1 Å². The van der Waals surface area contributed by atoms with Crippen LogP contribution in [0, 0.1) is 15.5 Å². The van der Waals surface area contributed by atoms with Crippen LogP contribution in [0.25, 0.3) is 0 Å². The maximum absolute atomic E-state index is 12.0. The van der Waals surface area contributed by atoms with Crippen molar-refractivity contribution in [1.29, 1.82) is 0 Å². The third kappa shape index (κ3) is 2.77. The van der Waals surface area contributed by atoms with Crippen LogP contribution in [0.4, 0.5) is 11.4 Å². The molecule has 2 rings (SSSR count). The van der Waals surface area contributed by atoms with Gasteiger partial charge in [-0.2, -0.15) is 0 Å². The van der Waals surface area contributed by atoms with E-state index in [4.69, 9.17) is 0 Å². The van der Waals surface area contributed by atoms with Crippen LogP contribution in [0.5, 0.6) is 0 Å². The van der Waals surface area contributed by atoms with Gasteiger partial charge >= 0.3 is 0 Å². The standard InChI is InChI=1S/C16H18N2O4/c1-11(19)9-15-16(3,12(2)20)7-8-17(15)13-5-4-6-14(10-13)18(21)22/h4-6,9-10H,7-8H2,1-3H3/b15-9+. The van der Waals surface area contributed by atoms with Gasteiger partial charge in [0, 0.05) is 36.1 Å². The van der Waals surface area contributed by atoms with Crippen molar-refractivity contribution in [3.63, 3.8) is 0 Å². The highest BCUT2D eigenvalue weighted by Gasteiger charge is 2.43. The van der Waals surface area contributed by atoms with Crippen molar-refractivity contribution in [3.05, 3.63) is 46.2 Å². The summed E-state index contributed by atoms with van der Waals surface area (Å²) in [5.41, 5.74) is 0.465. The van der Waals surface area contributed by atoms with E-state index < -0.39 is 10.3 Å². The molecule has 1 atom stereocenters. The number of Topliss-reactive ketones (excluding diaryl/α,β-unsaturated/α-hetero) is 1. The maximum Gasteiger partial charge on any atom is 0.271 e. The second-order valence-corrected chi connectivity index (χ2v) is 5.71. The van der Waals surface area contributed by atoms with Crippen molar-refractivity contribution in [2.75, 3.05) is 11.4 Å². The van der Waals surface area contributed by atoms with Crippen LogP contribution in [0.2, 0.25) is 0 Å². The van der Waals surface area contributed by atoms with E-state index in [0.717, 1.165) is 0 Å². The van der Waals surface area contributed by atoms with E-state index in [-0.39, 0.29) is 17.3 Å². The fourth-order valence-electron chi connectivity index (χ4n) is 2.71. The average molecular weight is 302 g/mol. The third-order valence-corrected chi connectivity index (χ3v) is 4.16. The molecular weight excluding hydrogens is 284 g/mol. The first-order valence-corrected chi connectivity index (χ1v) is 7.01. The molecular formula is C16H18N2O4. The third-order valence-electron chi connectivity index (χ3n) is 4.16. The van der Waals surface area contributed by atoms with Gasteiger partial charge in [0.05, 0.1) is 10.3 Å². The molecule has 0 amide bonds. The predicted molar refractivity (Wildman–Crippen MR) is 82.6 cm³/mol. The Morgan fingerprint density at radius 3 is 2.59 bits per heavy atom. The summed E-state index contributed by atoms with van der Waals surface area (Å²) in [7, 11) is 0. The summed E-state index contributed by atoms with van der Waals surface area (Å²) in [6.07, 6.45) is 2.03. The fraction of sp³-hybridized carbons (Fsp3) is 0.375. The smallest absolute Gasteiger partial charge is 0.271 e. The van der Waals surface area contributed by atoms with Crippen molar-refractivity contribution in [1.82, 2.24) is 0 Å². The molecule has 0 aliphatic carbocycles. The van der Waals surface area contributed by atoms with Gasteiger partial charge in [0.2, 0.25) is 0 Å². The monoisotopic (exact) mass is 302 g/mol. The number of non-ortho nitro benzene ring substituents is 1. The summed E-state index contributed by atoms with van der Waals surface area (Å²) in [6.45, 7) is 5.28. The Morgan fingerprint density at radius 1 is 1.36 bits per heavy atom. The minimum atomic E-state index is -0.740. The predicted octanol–water partition coefficient (Wildman–Crippen LogP) is 2.87. The number of anilines is 1. The highest BCUT2D eigenvalue weighted by Crippen LogP contribution is 2.43. The molecule has 1 fully saturated rings. The van der Waals surface area contributed by atoms with Gasteiger partial charge in [-0.1, -0.05) is 6.07 Å². The van der Waals surface area contributed by atoms with Gasteiger partial charge < -0.3 is 4.90 Å². The fourth-order valence-corrected chi connectivity index (χ4v) is 2.71. The highest BCUT2D eigenvalue weighted by molar-refractivity contribution is 5.94. The van der Waals surface area contributed by atoms with Gasteiger partial charge in [-0.15, -0.1) is 0 Å². The molecule has 1 heterocycles. The van der Waals surface area contributed by atoms with Crippen molar-refractivity contribution in [2.45, 2.75) is 27.2 Å². The summed E-state index contributed by atoms with van der Waals surface area (Å²) >= 11 is 0. The molecule has 6 heteroatoms. The molecule has 116 valence electrons. The quantitative estimate of drug-likeness (QED) is 0.485. The van der Waals surface area contributed by atoms with Crippen LogP contribution in [0.1, 0.15) is 27.2 Å². The van der Waals surface area contributed by atoms with E-state index >= 15 is 0 Å². The summed E-state index contributed by atoms with van der Waals surface area (Å²) in [6, 6.07) is 6.22. The Kier molecular flexibility index (Phi) is 4.12. The molecule has 0 radical (unpaired) electrons. The zero-order chi connectivity index (χ0) is 16.5. The number of allylic oxidation sites excluding steroid dienone is 2. The molecule has 6 nitrogen and oxygen atoms in total. The SMILES string of the molecule is CC(=O)/C=C1/N(c2cccc([N+](=O)[O-])c2)CCC1(C)C(C)=O.